The molecule has 0 radical (unpaired) electrons. The molecule has 104 valence electrons. The highest BCUT2D eigenvalue weighted by molar-refractivity contribution is 7.91. The van der Waals surface area contributed by atoms with Crippen LogP contribution in [0.1, 0.15) is 31.4 Å². The van der Waals surface area contributed by atoms with Crippen LogP contribution in [0.25, 0.3) is 10.1 Å². The van der Waals surface area contributed by atoms with Gasteiger partial charge in [-0.3, -0.25) is 0 Å². The van der Waals surface area contributed by atoms with Gasteiger partial charge in [-0.2, -0.15) is 0 Å². The van der Waals surface area contributed by atoms with E-state index in [0.29, 0.717) is 12.8 Å². The summed E-state index contributed by atoms with van der Waals surface area (Å²) in [5, 5.41) is 13.2. The van der Waals surface area contributed by atoms with Gasteiger partial charge in [0.1, 0.15) is 9.84 Å². The maximum absolute atomic E-state index is 11.4. The third-order valence-electron chi connectivity index (χ3n) is 3.24. The Morgan fingerprint density at radius 3 is 2.79 bits per heavy atom. The number of rotatable bonds is 6. The summed E-state index contributed by atoms with van der Waals surface area (Å²) in [7, 11) is -2.93. The Hall–Kier alpha value is -0.910. The Morgan fingerprint density at radius 2 is 2.05 bits per heavy atom. The van der Waals surface area contributed by atoms with E-state index in [1.54, 1.807) is 18.3 Å². The van der Waals surface area contributed by atoms with Crippen molar-refractivity contribution in [3.8, 4) is 0 Å². The first-order valence-corrected chi connectivity index (χ1v) is 9.08. The Bertz CT molecular complexity index is 644. The number of aliphatic hydroxyl groups excluding tert-OH is 1. The molecule has 1 atom stereocenters. The van der Waals surface area contributed by atoms with E-state index in [1.807, 2.05) is 29.6 Å². The van der Waals surface area contributed by atoms with Crippen molar-refractivity contribution in [3.05, 3.63) is 35.2 Å². The normalized spacial score (nSPS) is 13.8. The Labute approximate surface area is 117 Å². The minimum atomic E-state index is -2.93. The van der Waals surface area contributed by atoms with Gasteiger partial charge in [0.2, 0.25) is 0 Å². The molecule has 2 aromatic rings. The summed E-state index contributed by atoms with van der Waals surface area (Å²) in [4.78, 5) is 0. The summed E-state index contributed by atoms with van der Waals surface area (Å²) in [6.07, 6.45) is 0.407. The van der Waals surface area contributed by atoms with Crippen molar-refractivity contribution >= 4 is 31.3 Å². The molecule has 0 fully saturated rings. The average Bonchev–Trinajstić information content (AvgIpc) is 2.82. The number of benzene rings is 1. The lowest BCUT2D eigenvalue weighted by Crippen LogP contribution is -2.09. The van der Waals surface area contributed by atoms with Crippen molar-refractivity contribution in [2.75, 3.05) is 11.5 Å². The fourth-order valence-electron chi connectivity index (χ4n) is 2.05. The smallest absolute Gasteiger partial charge is 0.150 e. The predicted molar refractivity (Wildman–Crippen MR) is 80.3 cm³/mol. The zero-order valence-corrected chi connectivity index (χ0v) is 12.5. The molecule has 0 aliphatic heterocycles. The summed E-state index contributed by atoms with van der Waals surface area (Å²) < 4.78 is 24.0. The molecule has 1 heterocycles. The van der Waals surface area contributed by atoms with Crippen LogP contribution in [0.3, 0.4) is 0 Å². The van der Waals surface area contributed by atoms with Crippen molar-refractivity contribution in [2.24, 2.45) is 0 Å². The number of thiophene rings is 1. The summed E-state index contributed by atoms with van der Waals surface area (Å²) in [6.45, 7) is 1.65. The Kier molecular flexibility index (Phi) is 4.60. The first-order valence-electron chi connectivity index (χ1n) is 6.38. The van der Waals surface area contributed by atoms with Crippen LogP contribution in [0.4, 0.5) is 0 Å². The molecule has 1 N–H and O–H groups in total. The molecule has 0 aliphatic carbocycles. The van der Waals surface area contributed by atoms with Crippen LogP contribution in [0, 0.1) is 0 Å². The van der Waals surface area contributed by atoms with Gasteiger partial charge in [-0.1, -0.05) is 25.1 Å². The molecule has 0 amide bonds. The van der Waals surface area contributed by atoms with E-state index in [0.717, 1.165) is 15.6 Å². The summed E-state index contributed by atoms with van der Waals surface area (Å²) in [5.74, 6) is 0.326. The molecule has 1 aromatic heterocycles. The fraction of sp³-hybridized carbons (Fsp3) is 0.429. The van der Waals surface area contributed by atoms with Gasteiger partial charge < -0.3 is 5.11 Å². The predicted octanol–water partition coefficient (Wildman–Crippen LogP) is 3.15. The van der Waals surface area contributed by atoms with Crippen LogP contribution < -0.4 is 0 Å². The summed E-state index contributed by atoms with van der Waals surface area (Å²) in [6, 6.07) is 7.95. The van der Waals surface area contributed by atoms with E-state index >= 15 is 0 Å². The number of fused-ring (bicyclic) bond motifs is 1. The summed E-state index contributed by atoms with van der Waals surface area (Å²) >= 11 is 1.61. The van der Waals surface area contributed by atoms with Crippen molar-refractivity contribution in [1.29, 1.82) is 0 Å². The van der Waals surface area contributed by atoms with Crippen molar-refractivity contribution in [3.63, 3.8) is 0 Å². The van der Waals surface area contributed by atoms with Crippen molar-refractivity contribution in [1.82, 2.24) is 0 Å². The van der Waals surface area contributed by atoms with E-state index in [-0.39, 0.29) is 11.5 Å². The van der Waals surface area contributed by atoms with Crippen LogP contribution in [-0.4, -0.2) is 25.0 Å². The van der Waals surface area contributed by atoms with Gasteiger partial charge in [0.15, 0.2) is 0 Å². The average molecular weight is 298 g/mol. The summed E-state index contributed by atoms with van der Waals surface area (Å²) in [5.41, 5.74) is 0.912. The number of aliphatic hydroxyl groups is 1. The van der Waals surface area contributed by atoms with Crippen molar-refractivity contribution in [2.45, 2.75) is 25.9 Å². The Morgan fingerprint density at radius 1 is 1.32 bits per heavy atom. The molecule has 19 heavy (non-hydrogen) atoms. The largest absolute Gasteiger partial charge is 0.388 e. The first kappa shape index (κ1) is 14.5. The zero-order chi connectivity index (χ0) is 13.9. The molecule has 0 aliphatic rings. The fourth-order valence-corrected chi connectivity index (χ4v) is 3.96. The van der Waals surface area contributed by atoms with E-state index < -0.39 is 15.9 Å². The topological polar surface area (TPSA) is 54.4 Å². The van der Waals surface area contributed by atoms with Crippen molar-refractivity contribution < 1.29 is 13.5 Å². The molecular weight excluding hydrogens is 280 g/mol. The van der Waals surface area contributed by atoms with E-state index in [2.05, 4.69) is 0 Å². The second kappa shape index (κ2) is 6.03. The van der Waals surface area contributed by atoms with Gasteiger partial charge in [0.25, 0.3) is 0 Å². The molecule has 0 saturated carbocycles. The molecule has 0 spiro atoms. The highest BCUT2D eigenvalue weighted by atomic mass is 32.2. The quantitative estimate of drug-likeness (QED) is 0.891. The molecule has 1 unspecified atom stereocenters. The van der Waals surface area contributed by atoms with Crippen LogP contribution in [0.15, 0.2) is 29.6 Å². The van der Waals surface area contributed by atoms with Gasteiger partial charge in [0, 0.05) is 10.5 Å². The van der Waals surface area contributed by atoms with Gasteiger partial charge in [-0.05, 0) is 35.2 Å². The molecule has 5 heteroatoms. The lowest BCUT2D eigenvalue weighted by atomic mass is 10.0. The number of sulfone groups is 1. The minimum absolute atomic E-state index is 0.155. The van der Waals surface area contributed by atoms with Gasteiger partial charge in [0.05, 0.1) is 11.9 Å². The first-order chi connectivity index (χ1) is 9.03. The van der Waals surface area contributed by atoms with Crippen LogP contribution in [-0.2, 0) is 9.84 Å². The maximum atomic E-state index is 11.4. The second-order valence-corrected chi connectivity index (χ2v) is 7.97. The third kappa shape index (κ3) is 3.55. The third-order valence-corrected chi connectivity index (χ3v) is 6.01. The van der Waals surface area contributed by atoms with E-state index in [1.165, 1.54) is 0 Å². The highest BCUT2D eigenvalue weighted by Gasteiger charge is 2.14. The lowest BCUT2D eigenvalue weighted by Gasteiger charge is -2.09. The van der Waals surface area contributed by atoms with Crippen LogP contribution in [0.2, 0.25) is 0 Å². The number of hydrogen-bond acceptors (Lipinski definition) is 4. The SMILES string of the molecule is CCS(=O)(=O)CCCC(O)c1csc2ccccc12. The molecule has 2 rings (SSSR count). The van der Waals surface area contributed by atoms with Gasteiger partial charge >= 0.3 is 0 Å². The lowest BCUT2D eigenvalue weighted by molar-refractivity contribution is 0.168. The van der Waals surface area contributed by atoms with Gasteiger partial charge in [-0.25, -0.2) is 8.42 Å². The maximum Gasteiger partial charge on any atom is 0.150 e. The zero-order valence-electron chi connectivity index (χ0n) is 10.9. The molecule has 0 bridgehead atoms. The van der Waals surface area contributed by atoms with Crippen LogP contribution >= 0.6 is 11.3 Å². The Balaban J connectivity index is 2.02. The highest BCUT2D eigenvalue weighted by Crippen LogP contribution is 2.32. The minimum Gasteiger partial charge on any atom is -0.388 e. The molecular formula is C14H18O3S2. The monoisotopic (exact) mass is 298 g/mol. The molecule has 1 aromatic carbocycles. The molecule has 0 saturated heterocycles. The molecule has 3 nitrogen and oxygen atoms in total. The van der Waals surface area contributed by atoms with Gasteiger partial charge in [-0.15, -0.1) is 11.3 Å². The van der Waals surface area contributed by atoms with Crippen LogP contribution in [0.5, 0.6) is 0 Å². The second-order valence-electron chi connectivity index (χ2n) is 4.58. The van der Waals surface area contributed by atoms with E-state index in [9.17, 15) is 13.5 Å². The number of hydrogen-bond donors (Lipinski definition) is 1. The van der Waals surface area contributed by atoms with E-state index in [4.69, 9.17) is 0 Å². The standard InChI is InChI=1S/C14H18O3S2/c1-2-19(16,17)9-5-7-13(15)12-10-18-14-8-4-3-6-11(12)14/h3-4,6,8,10,13,15H,2,5,7,9H2,1H3.